The predicted octanol–water partition coefficient (Wildman–Crippen LogP) is 3.12. The quantitative estimate of drug-likeness (QED) is 0.935. The maximum absolute atomic E-state index is 4.48. The minimum atomic E-state index is 0.553. The highest BCUT2D eigenvalue weighted by molar-refractivity contribution is 7.99. The molecule has 19 heavy (non-hydrogen) atoms. The number of thioether (sulfide) groups is 1. The average Bonchev–Trinajstić information content (AvgIpc) is 2.81. The van der Waals surface area contributed by atoms with Crippen LogP contribution in [0.5, 0.6) is 0 Å². The summed E-state index contributed by atoms with van der Waals surface area (Å²) in [6, 6.07) is 2.64. The van der Waals surface area contributed by atoms with Crippen molar-refractivity contribution in [1.82, 2.24) is 14.6 Å². The molecule has 5 heteroatoms. The van der Waals surface area contributed by atoms with Crippen LogP contribution in [-0.2, 0) is 0 Å². The molecule has 102 valence electrons. The highest BCUT2D eigenvalue weighted by atomic mass is 32.2. The molecule has 4 nitrogen and oxygen atoms in total. The van der Waals surface area contributed by atoms with Crippen LogP contribution in [0.1, 0.15) is 31.4 Å². The summed E-state index contributed by atoms with van der Waals surface area (Å²) in [6.45, 7) is 2.01. The number of aromatic nitrogens is 3. The number of fused-ring (bicyclic) bond motifs is 1. The van der Waals surface area contributed by atoms with Gasteiger partial charge in [-0.1, -0.05) is 0 Å². The van der Waals surface area contributed by atoms with Gasteiger partial charge in [0.15, 0.2) is 5.82 Å². The fraction of sp³-hybridized carbons (Fsp3) is 0.571. The average molecular weight is 276 g/mol. The summed E-state index contributed by atoms with van der Waals surface area (Å²) < 4.78 is 1.90. The Bertz CT molecular complexity index is 558. The van der Waals surface area contributed by atoms with E-state index in [-0.39, 0.29) is 0 Å². The molecule has 1 aliphatic carbocycles. The van der Waals surface area contributed by atoms with E-state index in [9.17, 15) is 0 Å². The topological polar surface area (TPSA) is 42.2 Å². The lowest BCUT2D eigenvalue weighted by Crippen LogP contribution is -2.27. The van der Waals surface area contributed by atoms with Crippen molar-refractivity contribution in [3.05, 3.63) is 24.2 Å². The van der Waals surface area contributed by atoms with Crippen molar-refractivity contribution < 1.29 is 0 Å². The van der Waals surface area contributed by atoms with Gasteiger partial charge in [0.05, 0.1) is 5.69 Å². The van der Waals surface area contributed by atoms with Crippen molar-refractivity contribution in [2.24, 2.45) is 0 Å². The SMILES string of the molecule is CSC1CCC(Nc2nccn3nc(C)cc23)CC1. The van der Waals surface area contributed by atoms with Gasteiger partial charge in [-0.25, -0.2) is 9.50 Å². The van der Waals surface area contributed by atoms with E-state index >= 15 is 0 Å². The number of nitrogens with one attached hydrogen (secondary N) is 1. The fourth-order valence-electron chi connectivity index (χ4n) is 2.79. The van der Waals surface area contributed by atoms with Gasteiger partial charge in [-0.15, -0.1) is 0 Å². The van der Waals surface area contributed by atoms with Gasteiger partial charge < -0.3 is 5.32 Å². The zero-order chi connectivity index (χ0) is 13.2. The predicted molar refractivity (Wildman–Crippen MR) is 80.9 cm³/mol. The summed E-state index contributed by atoms with van der Waals surface area (Å²) in [5.41, 5.74) is 2.11. The number of hydrogen-bond acceptors (Lipinski definition) is 4. The van der Waals surface area contributed by atoms with E-state index < -0.39 is 0 Å². The van der Waals surface area contributed by atoms with Crippen LogP contribution in [0.25, 0.3) is 5.52 Å². The van der Waals surface area contributed by atoms with Gasteiger partial charge in [0.1, 0.15) is 5.52 Å². The summed E-state index contributed by atoms with van der Waals surface area (Å²) in [5.74, 6) is 0.968. The number of aryl methyl sites for hydroxylation is 1. The van der Waals surface area contributed by atoms with Crippen LogP contribution in [0.15, 0.2) is 18.5 Å². The first-order chi connectivity index (χ1) is 9.26. The summed E-state index contributed by atoms with van der Waals surface area (Å²) in [4.78, 5) is 4.48. The molecule has 1 aliphatic rings. The third-order valence-corrected chi connectivity index (χ3v) is 5.00. The van der Waals surface area contributed by atoms with E-state index in [2.05, 4.69) is 27.7 Å². The molecule has 2 aromatic heterocycles. The number of hydrogen-bond donors (Lipinski definition) is 1. The van der Waals surface area contributed by atoms with Crippen LogP contribution in [0, 0.1) is 6.92 Å². The first-order valence-electron chi connectivity index (χ1n) is 6.86. The normalized spacial score (nSPS) is 23.7. The summed E-state index contributed by atoms with van der Waals surface area (Å²) in [6.07, 6.45) is 11.0. The van der Waals surface area contributed by atoms with Crippen LogP contribution in [0.4, 0.5) is 5.82 Å². The Hall–Kier alpha value is -1.23. The Labute approximate surface area is 118 Å². The van der Waals surface area contributed by atoms with Crippen molar-refractivity contribution in [2.45, 2.75) is 43.9 Å². The molecule has 2 aromatic rings. The summed E-state index contributed by atoms with van der Waals surface area (Å²) >= 11 is 2.00. The molecule has 0 saturated heterocycles. The highest BCUT2D eigenvalue weighted by Gasteiger charge is 2.21. The van der Waals surface area contributed by atoms with Gasteiger partial charge in [0, 0.05) is 23.7 Å². The van der Waals surface area contributed by atoms with Crippen molar-refractivity contribution >= 4 is 23.1 Å². The molecule has 0 unspecified atom stereocenters. The second kappa shape index (κ2) is 5.41. The molecule has 0 radical (unpaired) electrons. The molecule has 0 bridgehead atoms. The van der Waals surface area contributed by atoms with E-state index in [1.54, 1.807) is 0 Å². The largest absolute Gasteiger partial charge is 0.366 e. The van der Waals surface area contributed by atoms with Crippen molar-refractivity contribution in [1.29, 1.82) is 0 Å². The lowest BCUT2D eigenvalue weighted by Gasteiger charge is -2.28. The van der Waals surface area contributed by atoms with E-state index in [1.165, 1.54) is 25.7 Å². The van der Waals surface area contributed by atoms with Gasteiger partial charge in [-0.05, 0) is 44.9 Å². The molecule has 0 amide bonds. The van der Waals surface area contributed by atoms with E-state index in [1.807, 2.05) is 35.6 Å². The molecular weight excluding hydrogens is 256 g/mol. The second-order valence-corrected chi connectivity index (χ2v) is 6.38. The molecule has 2 heterocycles. The maximum Gasteiger partial charge on any atom is 0.152 e. The Kier molecular flexibility index (Phi) is 3.64. The van der Waals surface area contributed by atoms with Gasteiger partial charge in [0.25, 0.3) is 0 Å². The zero-order valence-corrected chi connectivity index (χ0v) is 12.3. The highest BCUT2D eigenvalue weighted by Crippen LogP contribution is 2.29. The van der Waals surface area contributed by atoms with E-state index in [0.717, 1.165) is 22.3 Å². The van der Waals surface area contributed by atoms with Crippen LogP contribution in [-0.4, -0.2) is 32.1 Å². The molecule has 0 aromatic carbocycles. The van der Waals surface area contributed by atoms with Gasteiger partial charge >= 0.3 is 0 Å². The number of anilines is 1. The van der Waals surface area contributed by atoms with Crippen molar-refractivity contribution in [3.63, 3.8) is 0 Å². The van der Waals surface area contributed by atoms with E-state index in [0.29, 0.717) is 6.04 Å². The minimum absolute atomic E-state index is 0.553. The third kappa shape index (κ3) is 2.71. The molecule has 1 saturated carbocycles. The van der Waals surface area contributed by atoms with Crippen molar-refractivity contribution in [3.8, 4) is 0 Å². The van der Waals surface area contributed by atoms with Gasteiger partial charge in [-0.3, -0.25) is 0 Å². The maximum atomic E-state index is 4.48. The molecule has 1 N–H and O–H groups in total. The van der Waals surface area contributed by atoms with Gasteiger partial charge in [-0.2, -0.15) is 16.9 Å². The van der Waals surface area contributed by atoms with Crippen LogP contribution >= 0.6 is 11.8 Å². The second-order valence-electron chi connectivity index (χ2n) is 5.25. The smallest absolute Gasteiger partial charge is 0.152 e. The number of nitrogens with zero attached hydrogens (tertiary/aromatic N) is 3. The zero-order valence-electron chi connectivity index (χ0n) is 11.5. The Morgan fingerprint density at radius 1 is 1.32 bits per heavy atom. The Morgan fingerprint density at radius 2 is 2.11 bits per heavy atom. The fourth-order valence-corrected chi connectivity index (χ4v) is 3.54. The molecule has 3 rings (SSSR count). The first kappa shape index (κ1) is 12.8. The summed E-state index contributed by atoms with van der Waals surface area (Å²) in [5, 5.41) is 8.87. The first-order valence-corrected chi connectivity index (χ1v) is 8.15. The minimum Gasteiger partial charge on any atom is -0.366 e. The molecule has 0 spiro atoms. The molecule has 0 aliphatic heterocycles. The van der Waals surface area contributed by atoms with Crippen LogP contribution in [0.3, 0.4) is 0 Å². The summed E-state index contributed by atoms with van der Waals surface area (Å²) in [7, 11) is 0. The standard InChI is InChI=1S/C14H20N4S/c1-10-9-13-14(15-7-8-18(13)17-10)16-11-3-5-12(19-2)6-4-11/h7-9,11-12H,3-6H2,1-2H3,(H,15,16). The van der Waals surface area contributed by atoms with Gasteiger partial charge in [0.2, 0.25) is 0 Å². The lowest BCUT2D eigenvalue weighted by atomic mass is 9.95. The lowest BCUT2D eigenvalue weighted by molar-refractivity contribution is 0.472. The third-order valence-electron chi connectivity index (χ3n) is 3.86. The molecule has 1 fully saturated rings. The van der Waals surface area contributed by atoms with Crippen LogP contribution < -0.4 is 5.32 Å². The van der Waals surface area contributed by atoms with Crippen molar-refractivity contribution in [2.75, 3.05) is 11.6 Å². The van der Waals surface area contributed by atoms with Crippen LogP contribution in [0.2, 0.25) is 0 Å². The number of rotatable bonds is 3. The molecule has 0 atom stereocenters. The Morgan fingerprint density at radius 3 is 2.84 bits per heavy atom. The Balaban J connectivity index is 1.75. The molecular formula is C14H20N4S. The van der Waals surface area contributed by atoms with E-state index in [4.69, 9.17) is 0 Å². The monoisotopic (exact) mass is 276 g/mol.